The Kier molecular flexibility index (Phi) is 2.71. The highest BCUT2D eigenvalue weighted by Crippen LogP contribution is 2.27. The van der Waals surface area contributed by atoms with Gasteiger partial charge < -0.3 is 5.32 Å². The van der Waals surface area contributed by atoms with E-state index in [2.05, 4.69) is 5.32 Å². The van der Waals surface area contributed by atoms with E-state index in [0.29, 0.717) is 12.1 Å². The van der Waals surface area contributed by atoms with Gasteiger partial charge in [0.05, 0.1) is 0 Å². The summed E-state index contributed by atoms with van der Waals surface area (Å²) in [5.74, 6) is -0.268. The van der Waals surface area contributed by atoms with Crippen molar-refractivity contribution in [3.05, 3.63) is 29.6 Å². The van der Waals surface area contributed by atoms with Crippen LogP contribution in [0.1, 0.15) is 30.1 Å². The Balaban J connectivity index is 2.32. The predicted molar refractivity (Wildman–Crippen MR) is 57.6 cm³/mol. The van der Waals surface area contributed by atoms with Crippen molar-refractivity contribution in [1.82, 2.24) is 0 Å². The number of benzene rings is 1. The van der Waals surface area contributed by atoms with Gasteiger partial charge in [0.25, 0.3) is 0 Å². The molecule has 0 bridgehead atoms. The van der Waals surface area contributed by atoms with E-state index < -0.39 is 0 Å². The molecule has 1 aromatic rings. The van der Waals surface area contributed by atoms with Crippen LogP contribution in [0.25, 0.3) is 0 Å². The molecular formula is C12H14FNO. The van der Waals surface area contributed by atoms with E-state index in [9.17, 15) is 9.18 Å². The average molecular weight is 207 g/mol. The zero-order valence-electron chi connectivity index (χ0n) is 8.72. The van der Waals surface area contributed by atoms with Gasteiger partial charge >= 0.3 is 0 Å². The smallest absolute Gasteiger partial charge is 0.169 e. The molecule has 0 amide bonds. The molecule has 0 fully saturated rings. The molecule has 1 aromatic carbocycles. The second-order valence-electron chi connectivity index (χ2n) is 3.92. The summed E-state index contributed by atoms with van der Waals surface area (Å²) in [6.07, 6.45) is 1.84. The van der Waals surface area contributed by atoms with Crippen LogP contribution < -0.4 is 5.32 Å². The highest BCUT2D eigenvalue weighted by Gasteiger charge is 2.26. The molecule has 2 nitrogen and oxygen atoms in total. The SMILES string of the molecule is CCCC1CNc2ccc(F)cc2C1=O. The van der Waals surface area contributed by atoms with Crippen LogP contribution >= 0.6 is 0 Å². The molecule has 1 heterocycles. The van der Waals surface area contributed by atoms with Crippen LogP contribution in [0, 0.1) is 11.7 Å². The molecule has 0 aromatic heterocycles. The van der Waals surface area contributed by atoms with E-state index in [1.807, 2.05) is 6.92 Å². The summed E-state index contributed by atoms with van der Waals surface area (Å²) in [6, 6.07) is 4.33. The van der Waals surface area contributed by atoms with Gasteiger partial charge in [-0.25, -0.2) is 4.39 Å². The van der Waals surface area contributed by atoms with E-state index in [-0.39, 0.29) is 17.5 Å². The van der Waals surface area contributed by atoms with Crippen molar-refractivity contribution in [2.75, 3.05) is 11.9 Å². The summed E-state index contributed by atoms with van der Waals surface area (Å²) in [4.78, 5) is 12.0. The van der Waals surface area contributed by atoms with Gasteiger partial charge in [0.2, 0.25) is 0 Å². The van der Waals surface area contributed by atoms with Gasteiger partial charge in [0.1, 0.15) is 5.82 Å². The predicted octanol–water partition coefficient (Wildman–Crippen LogP) is 2.85. The molecule has 1 atom stereocenters. The van der Waals surface area contributed by atoms with Crippen molar-refractivity contribution < 1.29 is 9.18 Å². The lowest BCUT2D eigenvalue weighted by molar-refractivity contribution is 0.0915. The fourth-order valence-corrected chi connectivity index (χ4v) is 2.00. The van der Waals surface area contributed by atoms with Crippen molar-refractivity contribution in [1.29, 1.82) is 0 Å². The van der Waals surface area contributed by atoms with E-state index in [1.165, 1.54) is 12.1 Å². The standard InChI is InChI=1S/C12H14FNO/c1-2-3-8-7-14-11-5-4-9(13)6-10(11)12(8)15/h4-6,8,14H,2-3,7H2,1H3. The minimum atomic E-state index is -0.346. The summed E-state index contributed by atoms with van der Waals surface area (Å²) in [5, 5.41) is 3.17. The molecule has 1 N–H and O–H groups in total. The number of ketones is 1. The van der Waals surface area contributed by atoms with Gasteiger partial charge in [0, 0.05) is 23.7 Å². The van der Waals surface area contributed by atoms with Gasteiger partial charge in [-0.05, 0) is 24.6 Å². The molecule has 1 unspecified atom stereocenters. The van der Waals surface area contributed by atoms with Crippen molar-refractivity contribution >= 4 is 11.5 Å². The van der Waals surface area contributed by atoms with E-state index in [4.69, 9.17) is 0 Å². The van der Waals surface area contributed by atoms with Crippen LogP contribution in [0.3, 0.4) is 0 Å². The highest BCUT2D eigenvalue weighted by atomic mass is 19.1. The number of hydrogen-bond donors (Lipinski definition) is 1. The van der Waals surface area contributed by atoms with E-state index >= 15 is 0 Å². The van der Waals surface area contributed by atoms with Crippen molar-refractivity contribution in [2.45, 2.75) is 19.8 Å². The minimum absolute atomic E-state index is 0.00398. The Hall–Kier alpha value is -1.38. The van der Waals surface area contributed by atoms with E-state index in [1.54, 1.807) is 6.07 Å². The summed E-state index contributed by atoms with van der Waals surface area (Å²) < 4.78 is 13.0. The molecule has 15 heavy (non-hydrogen) atoms. The van der Waals surface area contributed by atoms with Crippen molar-refractivity contribution in [3.8, 4) is 0 Å². The van der Waals surface area contributed by atoms with Crippen LogP contribution in [0.4, 0.5) is 10.1 Å². The summed E-state index contributed by atoms with van der Waals surface area (Å²) >= 11 is 0. The third-order valence-corrected chi connectivity index (χ3v) is 2.79. The lowest BCUT2D eigenvalue weighted by Gasteiger charge is -2.24. The first kappa shape index (κ1) is 10.1. The number of fused-ring (bicyclic) bond motifs is 1. The number of Topliss-reactive ketones (excluding diaryl/α,β-unsaturated/α-hetero) is 1. The Morgan fingerprint density at radius 3 is 3.07 bits per heavy atom. The lowest BCUT2D eigenvalue weighted by atomic mass is 9.89. The maximum atomic E-state index is 13.0. The summed E-state index contributed by atoms with van der Waals surface area (Å²) in [7, 11) is 0. The van der Waals surface area contributed by atoms with Gasteiger partial charge in [-0.1, -0.05) is 13.3 Å². The van der Waals surface area contributed by atoms with Crippen LogP contribution in [0.5, 0.6) is 0 Å². The van der Waals surface area contributed by atoms with Crippen LogP contribution in [0.15, 0.2) is 18.2 Å². The Morgan fingerprint density at radius 2 is 2.33 bits per heavy atom. The second kappa shape index (κ2) is 4.01. The fraction of sp³-hybridized carbons (Fsp3) is 0.417. The number of carbonyl (C=O) groups is 1. The third kappa shape index (κ3) is 1.87. The molecule has 3 heteroatoms. The normalized spacial score (nSPS) is 19.6. The largest absolute Gasteiger partial charge is 0.384 e. The molecule has 1 aliphatic heterocycles. The first-order chi connectivity index (χ1) is 7.22. The topological polar surface area (TPSA) is 29.1 Å². The minimum Gasteiger partial charge on any atom is -0.384 e. The Bertz CT molecular complexity index is 389. The van der Waals surface area contributed by atoms with Gasteiger partial charge in [-0.2, -0.15) is 0 Å². The average Bonchev–Trinajstić information content (AvgIpc) is 2.23. The van der Waals surface area contributed by atoms with Crippen molar-refractivity contribution in [2.24, 2.45) is 5.92 Å². The monoisotopic (exact) mass is 207 g/mol. The maximum absolute atomic E-state index is 13.0. The first-order valence-corrected chi connectivity index (χ1v) is 5.30. The Labute approximate surface area is 88.5 Å². The molecular weight excluding hydrogens is 193 g/mol. The van der Waals surface area contributed by atoms with Gasteiger partial charge in [0.15, 0.2) is 5.78 Å². The quantitative estimate of drug-likeness (QED) is 0.807. The number of hydrogen-bond acceptors (Lipinski definition) is 2. The lowest BCUT2D eigenvalue weighted by Crippen LogP contribution is -2.29. The van der Waals surface area contributed by atoms with Crippen LogP contribution in [0.2, 0.25) is 0 Å². The van der Waals surface area contributed by atoms with Crippen molar-refractivity contribution in [3.63, 3.8) is 0 Å². The van der Waals surface area contributed by atoms with Crippen LogP contribution in [-0.2, 0) is 0 Å². The zero-order chi connectivity index (χ0) is 10.8. The van der Waals surface area contributed by atoms with Crippen LogP contribution in [-0.4, -0.2) is 12.3 Å². The molecule has 0 saturated carbocycles. The molecule has 0 radical (unpaired) electrons. The zero-order valence-corrected chi connectivity index (χ0v) is 8.72. The number of carbonyl (C=O) groups excluding carboxylic acids is 1. The Morgan fingerprint density at radius 1 is 1.53 bits per heavy atom. The molecule has 0 saturated heterocycles. The summed E-state index contributed by atoms with van der Waals surface area (Å²) in [6.45, 7) is 2.72. The van der Waals surface area contributed by atoms with E-state index in [0.717, 1.165) is 18.5 Å². The molecule has 0 spiro atoms. The number of anilines is 1. The molecule has 1 aliphatic rings. The fourth-order valence-electron chi connectivity index (χ4n) is 2.00. The number of nitrogens with one attached hydrogen (secondary N) is 1. The first-order valence-electron chi connectivity index (χ1n) is 5.30. The molecule has 2 rings (SSSR count). The molecule has 80 valence electrons. The summed E-state index contributed by atoms with van der Waals surface area (Å²) in [5.41, 5.74) is 1.26. The highest BCUT2D eigenvalue weighted by molar-refractivity contribution is 6.04. The molecule has 0 aliphatic carbocycles. The maximum Gasteiger partial charge on any atom is 0.169 e. The second-order valence-corrected chi connectivity index (χ2v) is 3.92. The van der Waals surface area contributed by atoms with Gasteiger partial charge in [-0.15, -0.1) is 0 Å². The van der Waals surface area contributed by atoms with Gasteiger partial charge in [-0.3, -0.25) is 4.79 Å². The number of halogens is 1. The number of rotatable bonds is 2. The third-order valence-electron chi connectivity index (χ3n) is 2.79.